The van der Waals surface area contributed by atoms with E-state index < -0.39 is 29.9 Å². The lowest BCUT2D eigenvalue weighted by molar-refractivity contribution is -0.192. The molecule has 2 aliphatic rings. The predicted octanol–water partition coefficient (Wildman–Crippen LogP) is 3.97. The molecule has 38 heavy (non-hydrogen) atoms. The van der Waals surface area contributed by atoms with E-state index in [0.29, 0.717) is 25.9 Å². The van der Waals surface area contributed by atoms with Crippen LogP contribution in [0.5, 0.6) is 0 Å². The molecule has 2 atom stereocenters. The molecule has 0 spiro atoms. The van der Waals surface area contributed by atoms with Crippen molar-refractivity contribution < 1.29 is 37.9 Å². The van der Waals surface area contributed by atoms with E-state index in [0.717, 1.165) is 30.6 Å². The van der Waals surface area contributed by atoms with E-state index in [1.165, 1.54) is 5.69 Å². The monoisotopic (exact) mass is 533 g/mol. The third-order valence-electron chi connectivity index (χ3n) is 6.63. The summed E-state index contributed by atoms with van der Waals surface area (Å²) in [5.74, 6) is -4.15. The number of amides is 2. The number of para-hydroxylation sites is 1. The number of carbonyl (C=O) groups excluding carboxylic acids is 2. The van der Waals surface area contributed by atoms with Crippen molar-refractivity contribution in [2.24, 2.45) is 11.8 Å². The maximum Gasteiger partial charge on any atom is 0.490 e. The van der Waals surface area contributed by atoms with Crippen molar-refractivity contribution in [3.05, 3.63) is 71.8 Å². The lowest BCUT2D eigenvalue weighted by Crippen LogP contribution is -2.52. The van der Waals surface area contributed by atoms with Gasteiger partial charge in [0, 0.05) is 31.9 Å². The first kappa shape index (κ1) is 28.7. The van der Waals surface area contributed by atoms with Crippen molar-refractivity contribution in [1.29, 1.82) is 0 Å². The molecule has 8 nitrogen and oxygen atoms in total. The normalized spacial score (nSPS) is 20.8. The fraction of sp³-hybridized carbons (Fsp3) is 0.370. The molecule has 2 amide bonds. The van der Waals surface area contributed by atoms with Crippen LogP contribution in [0.25, 0.3) is 6.08 Å². The summed E-state index contributed by atoms with van der Waals surface area (Å²) in [6.45, 7) is 2.84. The zero-order chi connectivity index (χ0) is 27.7. The number of aliphatic carboxylic acids is 1. The highest BCUT2D eigenvalue weighted by Gasteiger charge is 2.40. The Labute approximate surface area is 218 Å². The summed E-state index contributed by atoms with van der Waals surface area (Å²) in [4.78, 5) is 38.8. The van der Waals surface area contributed by atoms with Gasteiger partial charge in [-0.1, -0.05) is 60.2 Å². The van der Waals surface area contributed by atoms with Gasteiger partial charge in [0.1, 0.15) is 0 Å². The van der Waals surface area contributed by atoms with Gasteiger partial charge >= 0.3 is 12.1 Å². The molecular weight excluding hydrogens is 503 g/mol. The first-order valence-corrected chi connectivity index (χ1v) is 12.2. The van der Waals surface area contributed by atoms with E-state index in [-0.39, 0.29) is 5.91 Å². The van der Waals surface area contributed by atoms with E-state index in [9.17, 15) is 28.0 Å². The number of halogens is 3. The minimum Gasteiger partial charge on any atom is -0.475 e. The van der Waals surface area contributed by atoms with E-state index >= 15 is 0 Å². The summed E-state index contributed by atoms with van der Waals surface area (Å²) in [5.41, 5.74) is 5.18. The van der Waals surface area contributed by atoms with Crippen LogP contribution in [0, 0.1) is 11.8 Å². The molecule has 11 heteroatoms. The zero-order valence-corrected chi connectivity index (χ0v) is 20.6. The summed E-state index contributed by atoms with van der Waals surface area (Å²) < 4.78 is 31.7. The molecule has 2 unspecified atom stereocenters. The molecule has 1 saturated heterocycles. The van der Waals surface area contributed by atoms with Crippen LogP contribution in [0.1, 0.15) is 24.8 Å². The van der Waals surface area contributed by atoms with Crippen LogP contribution < -0.4 is 10.4 Å². The number of benzene rings is 2. The average Bonchev–Trinajstić information content (AvgIpc) is 2.93. The van der Waals surface area contributed by atoms with Crippen LogP contribution in [0.4, 0.5) is 18.9 Å². The molecule has 1 aliphatic carbocycles. The molecule has 2 fully saturated rings. The minimum atomic E-state index is -5.08. The molecule has 1 aliphatic heterocycles. The van der Waals surface area contributed by atoms with Crippen molar-refractivity contribution in [2.45, 2.75) is 25.4 Å². The smallest absolute Gasteiger partial charge is 0.475 e. The largest absolute Gasteiger partial charge is 0.490 e. The maximum atomic E-state index is 13.3. The van der Waals surface area contributed by atoms with Crippen LogP contribution >= 0.6 is 0 Å². The van der Waals surface area contributed by atoms with Gasteiger partial charge in [-0.15, -0.1) is 0 Å². The quantitative estimate of drug-likeness (QED) is 0.405. The zero-order valence-electron chi connectivity index (χ0n) is 20.6. The first-order valence-electron chi connectivity index (χ1n) is 12.2. The predicted molar refractivity (Wildman–Crippen MR) is 134 cm³/mol. The molecule has 2 aromatic rings. The Balaban J connectivity index is 0.000000505. The Morgan fingerprint density at radius 3 is 1.97 bits per heavy atom. The Hall–Kier alpha value is -3.86. The number of carbonyl (C=O) groups is 3. The number of piperazine rings is 1. The van der Waals surface area contributed by atoms with Crippen LogP contribution in [0.3, 0.4) is 0 Å². The fourth-order valence-electron chi connectivity index (χ4n) is 4.70. The molecule has 2 aromatic carbocycles. The standard InChI is InChI=1S/C25H29N3O3.C2HF3O2/c29-24(26-31)23-18-20(17-19-7-3-1-4-8-19)11-12-22(23)25(30)28-15-13-27(14-16-28)21-9-5-2-6-10-21;3-2(4,5)1(6)7/h1-10,17,22-23,31H,11-16,18H2,(H,26,29);(H,6,7). The molecule has 0 aromatic heterocycles. The number of alkyl halides is 3. The van der Waals surface area contributed by atoms with Gasteiger partial charge in [0.05, 0.1) is 11.8 Å². The third-order valence-corrected chi connectivity index (χ3v) is 6.63. The lowest BCUT2D eigenvalue weighted by Gasteiger charge is -2.40. The Morgan fingerprint density at radius 2 is 1.45 bits per heavy atom. The number of nitrogens with one attached hydrogen (secondary N) is 1. The highest BCUT2D eigenvalue weighted by molar-refractivity contribution is 5.88. The van der Waals surface area contributed by atoms with Crippen molar-refractivity contribution in [2.75, 3.05) is 31.1 Å². The molecule has 204 valence electrons. The molecule has 1 heterocycles. The second-order valence-electron chi connectivity index (χ2n) is 9.10. The number of hydroxylamine groups is 1. The van der Waals surface area contributed by atoms with Gasteiger partial charge in [0.25, 0.3) is 0 Å². The Morgan fingerprint density at radius 1 is 0.895 bits per heavy atom. The van der Waals surface area contributed by atoms with Gasteiger partial charge in [-0.25, -0.2) is 10.3 Å². The number of allylic oxidation sites excluding steroid dienone is 1. The topological polar surface area (TPSA) is 110 Å². The van der Waals surface area contributed by atoms with Gasteiger partial charge in [-0.3, -0.25) is 14.8 Å². The number of nitrogens with zero attached hydrogens (tertiary/aromatic N) is 2. The van der Waals surface area contributed by atoms with Crippen molar-refractivity contribution in [3.63, 3.8) is 0 Å². The minimum absolute atomic E-state index is 0.0278. The third kappa shape index (κ3) is 7.82. The summed E-state index contributed by atoms with van der Waals surface area (Å²) in [7, 11) is 0. The van der Waals surface area contributed by atoms with Crippen LogP contribution in [0.2, 0.25) is 0 Å². The number of hydrogen-bond acceptors (Lipinski definition) is 5. The fourth-order valence-corrected chi connectivity index (χ4v) is 4.70. The van der Waals surface area contributed by atoms with Crippen molar-refractivity contribution in [3.8, 4) is 0 Å². The first-order chi connectivity index (χ1) is 18.1. The van der Waals surface area contributed by atoms with Gasteiger partial charge in [0.15, 0.2) is 0 Å². The number of carboxylic acids is 1. The maximum absolute atomic E-state index is 13.3. The molecule has 4 rings (SSSR count). The van der Waals surface area contributed by atoms with Crippen molar-refractivity contribution >= 4 is 29.5 Å². The van der Waals surface area contributed by atoms with Gasteiger partial charge < -0.3 is 14.9 Å². The number of rotatable bonds is 4. The number of carboxylic acid groups (broad SMARTS) is 1. The summed E-state index contributed by atoms with van der Waals surface area (Å²) in [6, 6.07) is 20.2. The van der Waals surface area contributed by atoms with E-state index in [1.54, 1.807) is 5.48 Å². The van der Waals surface area contributed by atoms with E-state index in [4.69, 9.17) is 9.90 Å². The van der Waals surface area contributed by atoms with Crippen LogP contribution in [0.15, 0.2) is 66.2 Å². The van der Waals surface area contributed by atoms with Gasteiger partial charge in [-0.05, 0) is 37.0 Å². The molecule has 1 saturated carbocycles. The summed E-state index contributed by atoms with van der Waals surface area (Å²) in [6.07, 6.45) is -1.10. The highest BCUT2D eigenvalue weighted by atomic mass is 19.4. The summed E-state index contributed by atoms with van der Waals surface area (Å²) in [5, 5.41) is 16.4. The average molecular weight is 534 g/mol. The molecule has 0 radical (unpaired) electrons. The van der Waals surface area contributed by atoms with Crippen LogP contribution in [-0.4, -0.2) is 65.4 Å². The second-order valence-corrected chi connectivity index (χ2v) is 9.10. The van der Waals surface area contributed by atoms with Gasteiger partial charge in [0.2, 0.25) is 11.8 Å². The van der Waals surface area contributed by atoms with Crippen LogP contribution in [-0.2, 0) is 14.4 Å². The lowest BCUT2D eigenvalue weighted by atomic mass is 9.75. The van der Waals surface area contributed by atoms with Crippen molar-refractivity contribution in [1.82, 2.24) is 10.4 Å². The highest BCUT2D eigenvalue weighted by Crippen LogP contribution is 2.36. The second kappa shape index (κ2) is 13.1. The number of hydrogen-bond donors (Lipinski definition) is 3. The molecule has 3 N–H and O–H groups in total. The Kier molecular flexibility index (Phi) is 9.89. The van der Waals surface area contributed by atoms with E-state index in [1.807, 2.05) is 53.4 Å². The number of anilines is 1. The SMILES string of the molecule is O=C(NO)C1CC(=Cc2ccccc2)CCC1C(=O)N1CCN(c2ccccc2)CC1.O=C(O)C(F)(F)F. The van der Waals surface area contributed by atoms with Gasteiger partial charge in [-0.2, -0.15) is 13.2 Å². The molecule has 0 bridgehead atoms. The Bertz CT molecular complexity index is 1120. The molecular formula is C27H30F3N3O5. The summed E-state index contributed by atoms with van der Waals surface area (Å²) >= 11 is 0. The van der Waals surface area contributed by atoms with E-state index in [2.05, 4.69) is 23.1 Å².